The predicted octanol–water partition coefficient (Wildman–Crippen LogP) is 5.78. The first-order valence-electron chi connectivity index (χ1n) is 12.6. The lowest BCUT2D eigenvalue weighted by Crippen LogP contribution is -2.28. The number of pyridine rings is 1. The quantitative estimate of drug-likeness (QED) is 0.286. The predicted molar refractivity (Wildman–Crippen MR) is 146 cm³/mol. The Balaban J connectivity index is 1.81. The molecule has 37 heavy (non-hydrogen) atoms. The fourth-order valence-electron chi connectivity index (χ4n) is 4.93. The number of rotatable bonds is 8. The normalized spacial score (nSPS) is 11.3. The zero-order chi connectivity index (χ0) is 26.9. The first kappa shape index (κ1) is 25.9. The fraction of sp³-hybridized carbons (Fsp3) is 0.300. The van der Waals surface area contributed by atoms with Crippen LogP contribution < -0.4 is 10.9 Å². The summed E-state index contributed by atoms with van der Waals surface area (Å²) in [6.45, 7) is 10.2. The van der Waals surface area contributed by atoms with Gasteiger partial charge < -0.3 is 20.0 Å². The summed E-state index contributed by atoms with van der Waals surface area (Å²) in [5.74, 6) is -1.29. The van der Waals surface area contributed by atoms with Gasteiger partial charge in [-0.25, -0.2) is 4.79 Å². The first-order valence-corrected chi connectivity index (χ1v) is 12.6. The van der Waals surface area contributed by atoms with E-state index in [4.69, 9.17) is 0 Å². The van der Waals surface area contributed by atoms with Gasteiger partial charge in [-0.15, -0.1) is 0 Å². The summed E-state index contributed by atoms with van der Waals surface area (Å²) in [6.07, 6.45) is 3.68. The Hall–Kier alpha value is -4.13. The van der Waals surface area contributed by atoms with Crippen molar-refractivity contribution in [2.75, 3.05) is 0 Å². The molecule has 7 heteroatoms. The Kier molecular flexibility index (Phi) is 7.34. The molecule has 0 radical (unpaired) electrons. The smallest absolute Gasteiger partial charge is 0.335 e. The zero-order valence-corrected chi connectivity index (χ0v) is 21.9. The molecule has 3 N–H and O–H groups in total. The highest BCUT2D eigenvalue weighted by Gasteiger charge is 2.20. The van der Waals surface area contributed by atoms with Crippen LogP contribution in [0.2, 0.25) is 0 Å². The second-order valence-corrected chi connectivity index (χ2v) is 9.83. The number of carboxylic acids is 1. The number of nitrogens with one attached hydrogen (secondary N) is 2. The minimum Gasteiger partial charge on any atom is -0.478 e. The van der Waals surface area contributed by atoms with E-state index >= 15 is 0 Å². The molecule has 0 aliphatic heterocycles. The second kappa shape index (κ2) is 10.5. The Morgan fingerprint density at radius 3 is 2.51 bits per heavy atom. The molecule has 0 atom stereocenters. The van der Waals surface area contributed by atoms with Crippen molar-refractivity contribution in [1.29, 1.82) is 0 Å². The summed E-state index contributed by atoms with van der Waals surface area (Å²) < 4.78 is 2.12. The molecule has 4 rings (SSSR count). The summed E-state index contributed by atoms with van der Waals surface area (Å²) >= 11 is 0. The van der Waals surface area contributed by atoms with E-state index in [1.165, 1.54) is 0 Å². The highest BCUT2D eigenvalue weighted by molar-refractivity contribution is 6.09. The van der Waals surface area contributed by atoms with Crippen molar-refractivity contribution in [2.45, 2.75) is 60.0 Å². The van der Waals surface area contributed by atoms with Crippen LogP contribution in [0.4, 0.5) is 0 Å². The Morgan fingerprint density at radius 1 is 1.08 bits per heavy atom. The second-order valence-electron chi connectivity index (χ2n) is 9.83. The molecule has 0 saturated carbocycles. The number of amides is 1. The van der Waals surface area contributed by atoms with E-state index < -0.39 is 5.97 Å². The van der Waals surface area contributed by atoms with Crippen molar-refractivity contribution >= 4 is 22.8 Å². The number of aromatic carboxylic acids is 1. The molecule has 0 unspecified atom stereocenters. The molecule has 4 aromatic rings. The Morgan fingerprint density at radius 2 is 1.84 bits per heavy atom. The van der Waals surface area contributed by atoms with Crippen molar-refractivity contribution in [3.63, 3.8) is 0 Å². The van der Waals surface area contributed by atoms with Gasteiger partial charge in [0.05, 0.1) is 5.56 Å². The van der Waals surface area contributed by atoms with Crippen molar-refractivity contribution < 1.29 is 14.7 Å². The average molecular weight is 500 g/mol. The number of hydrogen-bond acceptors (Lipinski definition) is 3. The summed E-state index contributed by atoms with van der Waals surface area (Å²) in [4.78, 5) is 40.7. The lowest BCUT2D eigenvalue weighted by molar-refractivity contribution is 0.0696. The molecule has 0 saturated heterocycles. The lowest BCUT2D eigenvalue weighted by atomic mass is 9.97. The summed E-state index contributed by atoms with van der Waals surface area (Å²) in [6, 6.07) is 12.6. The first-order chi connectivity index (χ1) is 17.6. The fourth-order valence-corrected chi connectivity index (χ4v) is 4.93. The van der Waals surface area contributed by atoms with E-state index in [0.29, 0.717) is 16.7 Å². The number of hydrogen-bond donors (Lipinski definition) is 3. The van der Waals surface area contributed by atoms with Crippen LogP contribution in [-0.2, 0) is 13.0 Å². The van der Waals surface area contributed by atoms with Gasteiger partial charge >= 0.3 is 5.97 Å². The number of aryl methyl sites for hydroxylation is 3. The highest BCUT2D eigenvalue weighted by Crippen LogP contribution is 2.33. The van der Waals surface area contributed by atoms with Gasteiger partial charge in [0, 0.05) is 46.5 Å². The zero-order valence-electron chi connectivity index (χ0n) is 21.9. The minimum atomic E-state index is -1.01. The number of aromatic nitrogens is 2. The van der Waals surface area contributed by atoms with E-state index in [0.717, 1.165) is 46.1 Å². The van der Waals surface area contributed by atoms with Crippen molar-refractivity contribution in [3.8, 4) is 11.1 Å². The molecule has 0 aliphatic rings. The third-order valence-electron chi connectivity index (χ3n) is 6.67. The van der Waals surface area contributed by atoms with E-state index in [9.17, 15) is 19.5 Å². The molecule has 0 fully saturated rings. The van der Waals surface area contributed by atoms with E-state index in [-0.39, 0.29) is 29.6 Å². The summed E-state index contributed by atoms with van der Waals surface area (Å²) in [5.41, 5.74) is 6.13. The monoisotopic (exact) mass is 499 g/mol. The van der Waals surface area contributed by atoms with Crippen molar-refractivity contribution in [2.24, 2.45) is 0 Å². The number of carboxylic acid groups (broad SMARTS) is 1. The van der Waals surface area contributed by atoms with Crippen LogP contribution in [0.5, 0.6) is 0 Å². The van der Waals surface area contributed by atoms with E-state index in [1.54, 1.807) is 18.2 Å². The molecular weight excluding hydrogens is 466 g/mol. The van der Waals surface area contributed by atoms with Gasteiger partial charge in [-0.2, -0.15) is 0 Å². The van der Waals surface area contributed by atoms with Crippen LogP contribution in [0, 0.1) is 13.8 Å². The van der Waals surface area contributed by atoms with Gasteiger partial charge in [0.25, 0.3) is 11.5 Å². The third kappa shape index (κ3) is 5.21. The highest BCUT2D eigenvalue weighted by atomic mass is 16.4. The summed E-state index contributed by atoms with van der Waals surface area (Å²) in [7, 11) is 0. The molecule has 1 amide bonds. The van der Waals surface area contributed by atoms with Crippen molar-refractivity contribution in [1.82, 2.24) is 14.9 Å². The number of carbonyl (C=O) groups is 2. The molecule has 2 heterocycles. The Bertz CT molecular complexity index is 1560. The number of aromatic amines is 1. The van der Waals surface area contributed by atoms with Gasteiger partial charge in [-0.3, -0.25) is 9.59 Å². The topological polar surface area (TPSA) is 104 Å². The van der Waals surface area contributed by atoms with Crippen LogP contribution in [0.25, 0.3) is 22.0 Å². The lowest BCUT2D eigenvalue weighted by Gasteiger charge is -2.14. The van der Waals surface area contributed by atoms with E-state index in [1.807, 2.05) is 44.3 Å². The van der Waals surface area contributed by atoms with Gasteiger partial charge in [0.1, 0.15) is 0 Å². The molecule has 0 bridgehead atoms. The van der Waals surface area contributed by atoms with Gasteiger partial charge in [-0.1, -0.05) is 25.5 Å². The maximum absolute atomic E-state index is 13.6. The molecule has 7 nitrogen and oxygen atoms in total. The van der Waals surface area contributed by atoms with Crippen molar-refractivity contribution in [3.05, 3.63) is 92.5 Å². The SMILES string of the molecule is CCCc1cc(C)[nH]c(=O)c1CNC(=O)c1cc(-c2cccc(C(=O)O)c2)cc2c1c(C)cn2C(C)C. The average Bonchev–Trinajstić information content (AvgIpc) is 3.19. The van der Waals surface area contributed by atoms with Crippen LogP contribution in [0.1, 0.15) is 76.3 Å². The standard InChI is InChI=1S/C30H33N3O4/c1-6-8-21-11-19(5)32-29(35)25(21)15-31-28(34)24-13-23(20-9-7-10-22(12-20)30(36)37)14-26-27(24)18(4)16-33(26)17(2)3/h7,9-14,16-17H,6,8,15H2,1-5H3,(H,31,34)(H,32,35)(H,36,37). The third-order valence-corrected chi connectivity index (χ3v) is 6.67. The Labute approximate surface area is 216 Å². The number of nitrogens with zero attached hydrogens (tertiary/aromatic N) is 1. The molecular formula is C30H33N3O4. The maximum atomic E-state index is 13.6. The minimum absolute atomic E-state index is 0.119. The van der Waals surface area contributed by atoms with Crippen LogP contribution in [0.15, 0.2) is 53.5 Å². The molecule has 0 spiro atoms. The number of benzene rings is 2. The number of H-pyrrole nitrogens is 1. The molecule has 2 aromatic heterocycles. The molecule has 192 valence electrons. The van der Waals surface area contributed by atoms with Gasteiger partial charge in [-0.05, 0) is 86.7 Å². The van der Waals surface area contributed by atoms with Crippen LogP contribution >= 0.6 is 0 Å². The summed E-state index contributed by atoms with van der Waals surface area (Å²) in [5, 5.41) is 13.3. The van der Waals surface area contributed by atoms with Gasteiger partial charge in [0.2, 0.25) is 0 Å². The van der Waals surface area contributed by atoms with E-state index in [2.05, 4.69) is 35.6 Å². The maximum Gasteiger partial charge on any atom is 0.335 e. The van der Waals surface area contributed by atoms with Gasteiger partial charge in [0.15, 0.2) is 0 Å². The largest absolute Gasteiger partial charge is 0.478 e. The number of fused-ring (bicyclic) bond motifs is 1. The molecule has 2 aromatic carbocycles. The molecule has 0 aliphatic carbocycles. The number of carbonyl (C=O) groups excluding carboxylic acids is 1. The van der Waals surface area contributed by atoms with Crippen LogP contribution in [0.3, 0.4) is 0 Å². The van der Waals surface area contributed by atoms with Crippen LogP contribution in [-0.4, -0.2) is 26.5 Å².